The molecular weight excluding hydrogens is 609 g/mol. The van der Waals surface area contributed by atoms with E-state index in [2.05, 4.69) is 52.5 Å². The molecule has 242 valence electrons. The second kappa shape index (κ2) is 13.0. The number of benzene rings is 2. The molecule has 3 aliphatic heterocycles. The van der Waals surface area contributed by atoms with Crippen LogP contribution in [0.25, 0.3) is 10.8 Å². The van der Waals surface area contributed by atoms with Crippen molar-refractivity contribution < 1.29 is 18.7 Å². The third-order valence-electron chi connectivity index (χ3n) is 9.12. The highest BCUT2D eigenvalue weighted by molar-refractivity contribution is 6.36. The van der Waals surface area contributed by atoms with E-state index in [1.54, 1.807) is 0 Å². The molecule has 2 aromatic carbocycles. The molecule has 6 rings (SSSR count). The van der Waals surface area contributed by atoms with E-state index in [9.17, 15) is 14.4 Å². The number of anilines is 2. The van der Waals surface area contributed by atoms with Crippen LogP contribution in [-0.4, -0.2) is 97.9 Å². The number of halogens is 2. The lowest BCUT2D eigenvalue weighted by molar-refractivity contribution is -0.140. The Kier molecular flexibility index (Phi) is 9.06. The summed E-state index contributed by atoms with van der Waals surface area (Å²) in [5, 5.41) is 12.3. The summed E-state index contributed by atoms with van der Waals surface area (Å²) in [6, 6.07) is 14.1. The molecule has 1 aromatic heterocycles. The molecular formula is C34H39ClFN7O3. The van der Waals surface area contributed by atoms with Crippen LogP contribution in [0, 0.1) is 16.7 Å². The fourth-order valence-electron chi connectivity index (χ4n) is 6.97. The van der Waals surface area contributed by atoms with Crippen LogP contribution in [0.1, 0.15) is 24.6 Å². The van der Waals surface area contributed by atoms with Crippen molar-refractivity contribution in [3.05, 3.63) is 65.1 Å². The van der Waals surface area contributed by atoms with E-state index in [0.717, 1.165) is 40.1 Å². The van der Waals surface area contributed by atoms with E-state index in [0.29, 0.717) is 50.9 Å². The summed E-state index contributed by atoms with van der Waals surface area (Å²) in [5.41, 5.74) is 2.74. The lowest BCUT2D eigenvalue weighted by Crippen LogP contribution is -2.56. The number of nitrogens with zero attached hydrogens (tertiary/aromatic N) is 7. The number of hydrogen-bond acceptors (Lipinski definition) is 9. The number of carbonyl (C=O) groups excluding carboxylic acids is 1. The number of amides is 1. The maximum absolute atomic E-state index is 13.9. The Morgan fingerprint density at radius 1 is 1.24 bits per heavy atom. The maximum atomic E-state index is 13.9. The highest BCUT2D eigenvalue weighted by Gasteiger charge is 2.41. The Bertz CT molecular complexity index is 1690. The molecule has 0 N–H and O–H groups in total. The van der Waals surface area contributed by atoms with Crippen LogP contribution in [0.5, 0.6) is 6.01 Å². The molecule has 2 fully saturated rings. The van der Waals surface area contributed by atoms with Crippen molar-refractivity contribution in [3.8, 4) is 12.1 Å². The predicted molar refractivity (Wildman–Crippen MR) is 176 cm³/mol. The second-order valence-corrected chi connectivity index (χ2v) is 13.3. The molecule has 10 nitrogen and oxygen atoms in total. The average molecular weight is 648 g/mol. The molecule has 1 unspecified atom stereocenters. The van der Waals surface area contributed by atoms with E-state index in [-0.39, 0.29) is 30.4 Å². The first-order valence-corrected chi connectivity index (χ1v) is 15.9. The van der Waals surface area contributed by atoms with Gasteiger partial charge < -0.3 is 29.1 Å². The van der Waals surface area contributed by atoms with Gasteiger partial charge in [-0.15, -0.1) is 0 Å². The first-order valence-electron chi connectivity index (χ1n) is 15.6. The van der Waals surface area contributed by atoms with Crippen LogP contribution in [0.4, 0.5) is 15.9 Å². The molecule has 2 atom stereocenters. The van der Waals surface area contributed by atoms with Crippen LogP contribution in [0.3, 0.4) is 0 Å². The molecule has 4 heterocycles. The van der Waals surface area contributed by atoms with Gasteiger partial charge in [0.25, 0.3) is 5.91 Å². The van der Waals surface area contributed by atoms with Gasteiger partial charge in [0.15, 0.2) is 5.83 Å². The fraction of sp³-hybridized carbons (Fsp3) is 0.471. The summed E-state index contributed by atoms with van der Waals surface area (Å²) in [6.07, 6.45) is 0.721. The average Bonchev–Trinajstić information content (AvgIpc) is 3.01. The Labute approximate surface area is 273 Å². The molecule has 12 heteroatoms. The Hall–Kier alpha value is -3.98. The maximum Gasteiger partial charge on any atom is 0.318 e. The van der Waals surface area contributed by atoms with Gasteiger partial charge in [-0.25, -0.2) is 4.39 Å². The number of carbonyl (C=O) groups is 1. The van der Waals surface area contributed by atoms with Gasteiger partial charge in [-0.3, -0.25) is 4.79 Å². The van der Waals surface area contributed by atoms with Crippen LogP contribution < -0.4 is 14.5 Å². The SMILES string of the molecule is C=C(F)C(=O)N1CCN(c2nc(OCC3(CN(C)C)COC3)nc3c2C[C@@H](C)N(c2cccc4cccc(Cl)c24)C3)CC1CC#N. The van der Waals surface area contributed by atoms with Crippen molar-refractivity contribution in [3.63, 3.8) is 0 Å². The number of rotatable bonds is 9. The fourth-order valence-corrected chi connectivity index (χ4v) is 7.25. The smallest absolute Gasteiger partial charge is 0.318 e. The lowest BCUT2D eigenvalue weighted by Gasteiger charge is -2.43. The zero-order valence-corrected chi connectivity index (χ0v) is 27.3. The van der Waals surface area contributed by atoms with E-state index in [1.165, 1.54) is 4.90 Å². The minimum atomic E-state index is -1.03. The van der Waals surface area contributed by atoms with Crippen LogP contribution in [-0.2, 0) is 22.5 Å². The van der Waals surface area contributed by atoms with E-state index >= 15 is 0 Å². The van der Waals surface area contributed by atoms with Crippen LogP contribution in [0.15, 0.2) is 48.8 Å². The highest BCUT2D eigenvalue weighted by Crippen LogP contribution is 2.39. The monoisotopic (exact) mass is 647 g/mol. The number of nitriles is 1. The standard InChI is InChI=1S/C34H39ClFN7O3/c1-22-15-26-28(17-43(22)29-10-6-8-24-7-5-9-27(35)30(24)29)38-33(46-21-34(18-40(3)4)19-45-20-34)39-31(26)41-13-14-42(32(44)23(2)36)25(16-41)11-12-37/h5-10,22,25H,2,11,13-21H2,1,3-4H3/t22-,25?/m1/s1. The largest absolute Gasteiger partial charge is 0.463 e. The minimum Gasteiger partial charge on any atom is -0.463 e. The number of aromatic nitrogens is 2. The Balaban J connectivity index is 1.37. The number of fused-ring (bicyclic) bond motifs is 2. The summed E-state index contributed by atoms with van der Waals surface area (Å²) in [6.45, 7) is 9.27. The summed E-state index contributed by atoms with van der Waals surface area (Å²) in [7, 11) is 4.06. The van der Waals surface area contributed by atoms with Crippen molar-refractivity contribution in [2.45, 2.75) is 38.4 Å². The van der Waals surface area contributed by atoms with Gasteiger partial charge >= 0.3 is 6.01 Å². The molecule has 2 saturated heterocycles. The molecule has 3 aromatic rings. The normalized spacial score (nSPS) is 20.7. The molecule has 0 radical (unpaired) electrons. The van der Waals surface area contributed by atoms with E-state index in [1.807, 2.05) is 32.3 Å². The van der Waals surface area contributed by atoms with Crippen molar-refractivity contribution in [2.75, 3.05) is 69.9 Å². The highest BCUT2D eigenvalue weighted by atomic mass is 35.5. The summed E-state index contributed by atoms with van der Waals surface area (Å²) < 4.78 is 25.8. The second-order valence-electron chi connectivity index (χ2n) is 12.9. The summed E-state index contributed by atoms with van der Waals surface area (Å²) in [5.74, 6) is -1.08. The first kappa shape index (κ1) is 32.0. The number of hydrogen-bond donors (Lipinski definition) is 0. The van der Waals surface area contributed by atoms with Gasteiger partial charge in [0.05, 0.1) is 54.4 Å². The zero-order chi connectivity index (χ0) is 32.6. The van der Waals surface area contributed by atoms with Crippen LogP contribution in [0.2, 0.25) is 5.02 Å². The van der Waals surface area contributed by atoms with Gasteiger partial charge in [-0.1, -0.05) is 42.4 Å². The van der Waals surface area contributed by atoms with E-state index < -0.39 is 17.8 Å². The van der Waals surface area contributed by atoms with Crippen molar-refractivity contribution in [2.24, 2.45) is 5.41 Å². The van der Waals surface area contributed by atoms with Gasteiger partial charge in [0.1, 0.15) is 12.4 Å². The minimum absolute atomic E-state index is 0.0607. The van der Waals surface area contributed by atoms with Gasteiger partial charge in [0.2, 0.25) is 0 Å². The molecule has 46 heavy (non-hydrogen) atoms. The van der Waals surface area contributed by atoms with Crippen molar-refractivity contribution >= 4 is 39.8 Å². The molecule has 3 aliphatic rings. The van der Waals surface area contributed by atoms with Gasteiger partial charge in [-0.05, 0) is 45.0 Å². The topological polar surface area (TPSA) is 98.1 Å². The third kappa shape index (κ3) is 6.21. The molecule has 0 bridgehead atoms. The summed E-state index contributed by atoms with van der Waals surface area (Å²) >= 11 is 6.74. The zero-order valence-electron chi connectivity index (χ0n) is 26.5. The van der Waals surface area contributed by atoms with Crippen LogP contribution >= 0.6 is 11.6 Å². The quantitative estimate of drug-likeness (QED) is 0.309. The van der Waals surface area contributed by atoms with Crippen molar-refractivity contribution in [1.29, 1.82) is 5.26 Å². The van der Waals surface area contributed by atoms with Crippen molar-refractivity contribution in [1.82, 2.24) is 19.8 Å². The Morgan fingerprint density at radius 3 is 2.67 bits per heavy atom. The predicted octanol–water partition coefficient (Wildman–Crippen LogP) is 4.61. The molecule has 0 spiro atoms. The lowest BCUT2D eigenvalue weighted by atomic mass is 9.86. The molecule has 0 saturated carbocycles. The van der Waals surface area contributed by atoms with Gasteiger partial charge in [0, 0.05) is 48.9 Å². The Morgan fingerprint density at radius 2 is 2.00 bits per heavy atom. The molecule has 0 aliphatic carbocycles. The third-order valence-corrected chi connectivity index (χ3v) is 9.44. The number of piperazine rings is 1. The summed E-state index contributed by atoms with van der Waals surface area (Å²) in [4.78, 5) is 30.5. The van der Waals surface area contributed by atoms with E-state index in [4.69, 9.17) is 31.0 Å². The number of ether oxygens (including phenoxy) is 2. The first-order chi connectivity index (χ1) is 22.1. The molecule has 1 amide bonds. The van der Waals surface area contributed by atoms with Gasteiger partial charge in [-0.2, -0.15) is 15.2 Å².